The molecule has 0 atom stereocenters. The van der Waals surface area contributed by atoms with Crippen LogP contribution >= 0.6 is 0 Å². The molecule has 0 bridgehead atoms. The van der Waals surface area contributed by atoms with Crippen LogP contribution in [0.3, 0.4) is 0 Å². The molecule has 2 aromatic carbocycles. The summed E-state index contributed by atoms with van der Waals surface area (Å²) < 4.78 is 0. The van der Waals surface area contributed by atoms with Gasteiger partial charge in [0.05, 0.1) is 0 Å². The van der Waals surface area contributed by atoms with Gasteiger partial charge < -0.3 is 0 Å². The third-order valence-electron chi connectivity index (χ3n) is 4.73. The van der Waals surface area contributed by atoms with Gasteiger partial charge >= 0.3 is 0 Å². The van der Waals surface area contributed by atoms with Crippen LogP contribution in [0.4, 0.5) is 0 Å². The van der Waals surface area contributed by atoms with Crippen LogP contribution in [-0.4, -0.2) is 6.29 Å². The first-order valence-electron chi connectivity index (χ1n) is 9.39. The fraction of sp³-hybridized carbons (Fsp3) is 0.269. The van der Waals surface area contributed by atoms with E-state index in [1.165, 1.54) is 16.7 Å². The van der Waals surface area contributed by atoms with E-state index in [-0.39, 0.29) is 5.41 Å². The SMILES string of the molecule is C=C/C(=C\C=C(/C)c1cc(C=O)cc(Cc2ccc(C)cc2)c1)C(C)(C)C. The largest absolute Gasteiger partial charge is 0.298 e. The number of allylic oxidation sites excluding steroid dienone is 5. The lowest BCUT2D eigenvalue weighted by Gasteiger charge is -2.19. The number of benzene rings is 2. The molecule has 2 aromatic rings. The Morgan fingerprint density at radius 3 is 2.22 bits per heavy atom. The first-order chi connectivity index (χ1) is 12.7. The molecule has 1 heteroatoms. The number of carbonyl (C=O) groups excluding carboxylic acids is 1. The van der Waals surface area contributed by atoms with E-state index in [4.69, 9.17) is 0 Å². The van der Waals surface area contributed by atoms with Gasteiger partial charge in [0.1, 0.15) is 6.29 Å². The normalized spacial score (nSPS) is 12.8. The van der Waals surface area contributed by atoms with E-state index in [1.54, 1.807) is 0 Å². The van der Waals surface area contributed by atoms with Crippen molar-refractivity contribution < 1.29 is 4.79 Å². The quantitative estimate of drug-likeness (QED) is 0.403. The molecule has 0 aliphatic heterocycles. The van der Waals surface area contributed by atoms with E-state index < -0.39 is 0 Å². The summed E-state index contributed by atoms with van der Waals surface area (Å²) >= 11 is 0. The lowest BCUT2D eigenvalue weighted by Crippen LogP contribution is -2.06. The van der Waals surface area contributed by atoms with Crippen LogP contribution < -0.4 is 0 Å². The topological polar surface area (TPSA) is 17.1 Å². The first-order valence-corrected chi connectivity index (χ1v) is 9.39. The summed E-state index contributed by atoms with van der Waals surface area (Å²) in [6.45, 7) is 14.6. The second-order valence-corrected chi connectivity index (χ2v) is 8.17. The van der Waals surface area contributed by atoms with Crippen molar-refractivity contribution in [3.05, 3.63) is 101 Å². The highest BCUT2D eigenvalue weighted by Crippen LogP contribution is 2.27. The van der Waals surface area contributed by atoms with Crippen LogP contribution in [0.15, 0.2) is 72.8 Å². The molecule has 0 spiro atoms. The first kappa shape index (κ1) is 20.6. The van der Waals surface area contributed by atoms with E-state index in [2.05, 4.69) is 83.7 Å². The summed E-state index contributed by atoms with van der Waals surface area (Å²) in [6.07, 6.45) is 7.89. The third kappa shape index (κ3) is 5.92. The van der Waals surface area contributed by atoms with Gasteiger partial charge in [-0.15, -0.1) is 0 Å². The van der Waals surface area contributed by atoms with Gasteiger partial charge in [-0.2, -0.15) is 0 Å². The Morgan fingerprint density at radius 1 is 1.00 bits per heavy atom. The average molecular weight is 359 g/mol. The molecule has 0 unspecified atom stereocenters. The van der Waals surface area contributed by atoms with Crippen molar-refractivity contribution in [2.45, 2.75) is 41.0 Å². The van der Waals surface area contributed by atoms with E-state index in [1.807, 2.05) is 18.2 Å². The maximum atomic E-state index is 11.4. The van der Waals surface area contributed by atoms with Gasteiger partial charge in [0.2, 0.25) is 0 Å². The van der Waals surface area contributed by atoms with Crippen molar-refractivity contribution in [1.29, 1.82) is 0 Å². The van der Waals surface area contributed by atoms with Crippen LogP contribution in [-0.2, 0) is 6.42 Å². The second-order valence-electron chi connectivity index (χ2n) is 8.17. The highest BCUT2D eigenvalue weighted by Gasteiger charge is 2.13. The van der Waals surface area contributed by atoms with E-state index in [9.17, 15) is 4.79 Å². The monoisotopic (exact) mass is 358 g/mol. The van der Waals surface area contributed by atoms with E-state index >= 15 is 0 Å². The minimum atomic E-state index is 0.0553. The Bertz CT molecular complexity index is 871. The molecule has 0 radical (unpaired) electrons. The standard InChI is InChI=1S/C26H30O/c1-7-25(26(4,5)6)13-10-20(3)24-16-22(15-23(17-24)18-27)14-21-11-8-19(2)9-12-21/h7-13,15-18H,1,14H2,2-6H3/b20-10+,25-13+. The number of aryl methyl sites for hydroxylation is 1. The van der Waals surface area contributed by atoms with Crippen molar-refractivity contribution in [3.8, 4) is 0 Å². The molecular weight excluding hydrogens is 328 g/mol. The number of rotatable bonds is 6. The van der Waals surface area contributed by atoms with Crippen LogP contribution in [0.1, 0.15) is 60.3 Å². The Kier molecular flexibility index (Phi) is 6.74. The van der Waals surface area contributed by atoms with Crippen LogP contribution in [0.2, 0.25) is 0 Å². The van der Waals surface area contributed by atoms with Crippen molar-refractivity contribution >= 4 is 11.9 Å². The van der Waals surface area contributed by atoms with E-state index in [0.29, 0.717) is 5.56 Å². The Balaban J connectivity index is 2.37. The maximum Gasteiger partial charge on any atom is 0.150 e. The summed E-state index contributed by atoms with van der Waals surface area (Å²) in [5, 5.41) is 0. The molecule has 0 fully saturated rings. The maximum absolute atomic E-state index is 11.4. The zero-order valence-corrected chi connectivity index (χ0v) is 17.2. The minimum Gasteiger partial charge on any atom is -0.298 e. The highest BCUT2D eigenvalue weighted by molar-refractivity contribution is 5.79. The third-order valence-corrected chi connectivity index (χ3v) is 4.73. The van der Waals surface area contributed by atoms with Gasteiger partial charge in [0.15, 0.2) is 0 Å². The number of aldehydes is 1. The summed E-state index contributed by atoms with van der Waals surface area (Å²) in [5.74, 6) is 0. The fourth-order valence-corrected chi connectivity index (χ4v) is 2.99. The van der Waals surface area contributed by atoms with Gasteiger partial charge in [-0.3, -0.25) is 4.79 Å². The molecular formula is C26H30O. The Labute approximate surface area is 164 Å². The van der Waals surface area contributed by atoms with Crippen molar-refractivity contribution in [3.63, 3.8) is 0 Å². The zero-order valence-electron chi connectivity index (χ0n) is 17.2. The van der Waals surface area contributed by atoms with Crippen molar-refractivity contribution in [1.82, 2.24) is 0 Å². The fourth-order valence-electron chi connectivity index (χ4n) is 2.99. The average Bonchev–Trinajstić information content (AvgIpc) is 2.62. The molecule has 1 nitrogen and oxygen atoms in total. The van der Waals surface area contributed by atoms with Crippen LogP contribution in [0.25, 0.3) is 5.57 Å². The highest BCUT2D eigenvalue weighted by atomic mass is 16.1. The van der Waals surface area contributed by atoms with Gasteiger partial charge in [-0.05, 0) is 65.7 Å². The Hall–Kier alpha value is -2.67. The molecule has 0 aromatic heterocycles. The molecule has 0 amide bonds. The molecule has 2 rings (SSSR count). The number of hydrogen-bond acceptors (Lipinski definition) is 1. The van der Waals surface area contributed by atoms with Gasteiger partial charge in [-0.25, -0.2) is 0 Å². The lowest BCUT2D eigenvalue weighted by atomic mass is 9.86. The predicted octanol–water partition coefficient (Wildman–Crippen LogP) is 6.96. The van der Waals surface area contributed by atoms with Gasteiger partial charge in [0, 0.05) is 5.56 Å². The van der Waals surface area contributed by atoms with Crippen LogP contribution in [0, 0.1) is 12.3 Å². The number of carbonyl (C=O) groups is 1. The molecule has 0 aliphatic rings. The molecule has 0 saturated heterocycles. The summed E-state index contributed by atoms with van der Waals surface area (Å²) in [7, 11) is 0. The van der Waals surface area contributed by atoms with Gasteiger partial charge in [0.25, 0.3) is 0 Å². The molecule has 0 aliphatic carbocycles. The second kappa shape index (κ2) is 8.81. The van der Waals surface area contributed by atoms with Gasteiger partial charge in [-0.1, -0.05) is 81.5 Å². The Morgan fingerprint density at radius 2 is 1.67 bits per heavy atom. The van der Waals surface area contributed by atoms with Crippen LogP contribution in [0.5, 0.6) is 0 Å². The zero-order chi connectivity index (χ0) is 20.0. The minimum absolute atomic E-state index is 0.0553. The molecule has 0 N–H and O–H groups in total. The number of hydrogen-bond donors (Lipinski definition) is 0. The van der Waals surface area contributed by atoms with Crippen molar-refractivity contribution in [2.24, 2.45) is 5.41 Å². The molecule has 0 saturated carbocycles. The molecule has 27 heavy (non-hydrogen) atoms. The molecule has 140 valence electrons. The lowest BCUT2D eigenvalue weighted by molar-refractivity contribution is 0.112. The summed E-state index contributed by atoms with van der Waals surface area (Å²) in [5.41, 5.74) is 7.82. The van der Waals surface area contributed by atoms with Crippen molar-refractivity contribution in [2.75, 3.05) is 0 Å². The smallest absolute Gasteiger partial charge is 0.150 e. The summed E-state index contributed by atoms with van der Waals surface area (Å²) in [6, 6.07) is 14.6. The predicted molar refractivity (Wildman–Crippen MR) is 117 cm³/mol. The molecule has 0 heterocycles. The van der Waals surface area contributed by atoms with E-state index in [0.717, 1.165) is 29.4 Å². The summed E-state index contributed by atoms with van der Waals surface area (Å²) in [4.78, 5) is 11.4.